The molecule has 2 heteroatoms. The van der Waals surface area contributed by atoms with Crippen LogP contribution in [-0.2, 0) is 13.1 Å². The lowest BCUT2D eigenvalue weighted by Gasteiger charge is -2.25. The SMILES string of the molecule is CC[C@@H](O)CN(Cc1ccccc1)Cc1ccccc1. The summed E-state index contributed by atoms with van der Waals surface area (Å²) in [6, 6.07) is 20.9. The van der Waals surface area contributed by atoms with Gasteiger partial charge >= 0.3 is 0 Å². The summed E-state index contributed by atoms with van der Waals surface area (Å²) in [4.78, 5) is 2.30. The summed E-state index contributed by atoms with van der Waals surface area (Å²) in [5.74, 6) is 0. The molecule has 2 rings (SSSR count). The van der Waals surface area contributed by atoms with Crippen molar-refractivity contribution in [2.24, 2.45) is 0 Å². The van der Waals surface area contributed by atoms with Crippen LogP contribution in [0.25, 0.3) is 0 Å². The second-order valence-corrected chi connectivity index (χ2v) is 5.20. The van der Waals surface area contributed by atoms with Crippen LogP contribution < -0.4 is 0 Å². The molecule has 0 saturated heterocycles. The summed E-state index contributed by atoms with van der Waals surface area (Å²) in [7, 11) is 0. The van der Waals surface area contributed by atoms with Crippen molar-refractivity contribution >= 4 is 0 Å². The van der Waals surface area contributed by atoms with Gasteiger partial charge in [-0.2, -0.15) is 0 Å². The van der Waals surface area contributed by atoms with Gasteiger partial charge in [0, 0.05) is 19.6 Å². The highest BCUT2D eigenvalue weighted by Gasteiger charge is 2.11. The van der Waals surface area contributed by atoms with Gasteiger partial charge in [-0.05, 0) is 17.5 Å². The maximum Gasteiger partial charge on any atom is 0.0664 e. The van der Waals surface area contributed by atoms with Crippen LogP contribution >= 0.6 is 0 Å². The minimum Gasteiger partial charge on any atom is -0.392 e. The maximum atomic E-state index is 9.94. The van der Waals surface area contributed by atoms with E-state index < -0.39 is 0 Å². The number of rotatable bonds is 7. The van der Waals surface area contributed by atoms with Crippen molar-refractivity contribution in [3.8, 4) is 0 Å². The molecule has 0 amide bonds. The lowest BCUT2D eigenvalue weighted by Crippen LogP contribution is -2.31. The standard InChI is InChI=1S/C18H23NO/c1-2-18(20)15-19(13-16-9-5-3-6-10-16)14-17-11-7-4-8-12-17/h3-12,18,20H,2,13-15H2,1H3/t18-/m1/s1. The van der Waals surface area contributed by atoms with Gasteiger partial charge < -0.3 is 5.11 Å². The van der Waals surface area contributed by atoms with Crippen LogP contribution in [0.15, 0.2) is 60.7 Å². The van der Waals surface area contributed by atoms with Crippen LogP contribution in [0, 0.1) is 0 Å². The summed E-state index contributed by atoms with van der Waals surface area (Å²) in [5.41, 5.74) is 2.57. The second kappa shape index (κ2) is 7.83. The second-order valence-electron chi connectivity index (χ2n) is 5.20. The molecule has 20 heavy (non-hydrogen) atoms. The van der Waals surface area contributed by atoms with Gasteiger partial charge in [-0.3, -0.25) is 4.90 Å². The molecule has 0 aliphatic rings. The van der Waals surface area contributed by atoms with Gasteiger partial charge in [0.25, 0.3) is 0 Å². The van der Waals surface area contributed by atoms with Crippen LogP contribution in [-0.4, -0.2) is 22.7 Å². The van der Waals surface area contributed by atoms with E-state index in [-0.39, 0.29) is 6.10 Å². The van der Waals surface area contributed by atoms with E-state index >= 15 is 0 Å². The largest absolute Gasteiger partial charge is 0.392 e. The van der Waals surface area contributed by atoms with E-state index in [0.29, 0.717) is 6.54 Å². The third kappa shape index (κ3) is 4.80. The fraction of sp³-hybridized carbons (Fsp3) is 0.333. The van der Waals surface area contributed by atoms with Crippen LogP contribution in [0.2, 0.25) is 0 Å². The summed E-state index contributed by atoms with van der Waals surface area (Å²) >= 11 is 0. The number of hydrogen-bond acceptors (Lipinski definition) is 2. The van der Waals surface area contributed by atoms with Crippen molar-refractivity contribution < 1.29 is 5.11 Å². The van der Waals surface area contributed by atoms with E-state index in [2.05, 4.69) is 53.4 Å². The Morgan fingerprint density at radius 1 is 0.850 bits per heavy atom. The number of aliphatic hydroxyl groups is 1. The Balaban J connectivity index is 2.04. The molecule has 2 aromatic carbocycles. The highest BCUT2D eigenvalue weighted by Crippen LogP contribution is 2.11. The summed E-state index contributed by atoms with van der Waals surface area (Å²) in [6.07, 6.45) is 0.530. The lowest BCUT2D eigenvalue weighted by molar-refractivity contribution is 0.101. The molecule has 0 aromatic heterocycles. The topological polar surface area (TPSA) is 23.5 Å². The van der Waals surface area contributed by atoms with Gasteiger partial charge in [-0.15, -0.1) is 0 Å². The fourth-order valence-corrected chi connectivity index (χ4v) is 2.30. The van der Waals surface area contributed by atoms with Crippen LogP contribution in [0.4, 0.5) is 0 Å². The number of benzene rings is 2. The first-order valence-corrected chi connectivity index (χ1v) is 7.26. The lowest BCUT2D eigenvalue weighted by atomic mass is 10.1. The van der Waals surface area contributed by atoms with Crippen LogP contribution in [0.1, 0.15) is 24.5 Å². The molecule has 2 aromatic rings. The molecule has 0 fully saturated rings. The molecule has 1 atom stereocenters. The average molecular weight is 269 g/mol. The zero-order chi connectivity index (χ0) is 14.2. The van der Waals surface area contributed by atoms with Crippen molar-refractivity contribution in [3.63, 3.8) is 0 Å². The van der Waals surface area contributed by atoms with Crippen molar-refractivity contribution in [3.05, 3.63) is 71.8 Å². The Morgan fingerprint density at radius 3 is 1.70 bits per heavy atom. The molecule has 0 bridgehead atoms. The predicted molar refractivity (Wildman–Crippen MR) is 83.3 cm³/mol. The smallest absolute Gasteiger partial charge is 0.0664 e. The molecule has 0 unspecified atom stereocenters. The third-order valence-corrected chi connectivity index (χ3v) is 3.44. The Hall–Kier alpha value is -1.64. The molecule has 106 valence electrons. The maximum absolute atomic E-state index is 9.94. The van der Waals surface area contributed by atoms with Crippen molar-refractivity contribution in [1.82, 2.24) is 4.90 Å². The van der Waals surface area contributed by atoms with Gasteiger partial charge in [0.1, 0.15) is 0 Å². The van der Waals surface area contributed by atoms with Gasteiger partial charge in [0.15, 0.2) is 0 Å². The van der Waals surface area contributed by atoms with Crippen LogP contribution in [0.3, 0.4) is 0 Å². The average Bonchev–Trinajstić information content (AvgIpc) is 2.49. The Morgan fingerprint density at radius 2 is 1.30 bits per heavy atom. The highest BCUT2D eigenvalue weighted by atomic mass is 16.3. The van der Waals surface area contributed by atoms with E-state index in [1.54, 1.807) is 0 Å². The molecule has 0 aliphatic carbocycles. The first kappa shape index (κ1) is 14.8. The third-order valence-electron chi connectivity index (χ3n) is 3.44. The molecule has 0 radical (unpaired) electrons. The predicted octanol–water partition coefficient (Wildman–Crippen LogP) is 3.46. The van der Waals surface area contributed by atoms with Gasteiger partial charge in [0.2, 0.25) is 0 Å². The molecule has 2 nitrogen and oxygen atoms in total. The first-order chi connectivity index (χ1) is 9.78. The Labute approximate surface area is 121 Å². The van der Waals surface area contributed by atoms with E-state index in [0.717, 1.165) is 19.5 Å². The zero-order valence-electron chi connectivity index (χ0n) is 12.1. The molecule has 0 aliphatic heterocycles. The van der Waals surface area contributed by atoms with E-state index in [4.69, 9.17) is 0 Å². The Bertz CT molecular complexity index is 442. The van der Waals surface area contributed by atoms with Gasteiger partial charge in [-0.25, -0.2) is 0 Å². The monoisotopic (exact) mass is 269 g/mol. The molecule has 0 spiro atoms. The quantitative estimate of drug-likeness (QED) is 0.832. The van der Waals surface area contributed by atoms with Crippen molar-refractivity contribution in [2.45, 2.75) is 32.5 Å². The van der Waals surface area contributed by atoms with Crippen LogP contribution in [0.5, 0.6) is 0 Å². The minimum absolute atomic E-state index is 0.262. The van der Waals surface area contributed by atoms with E-state index in [1.165, 1.54) is 11.1 Å². The minimum atomic E-state index is -0.262. The van der Waals surface area contributed by atoms with Crippen molar-refractivity contribution in [1.29, 1.82) is 0 Å². The Kier molecular flexibility index (Phi) is 5.78. The van der Waals surface area contributed by atoms with E-state index in [1.807, 2.05) is 19.1 Å². The van der Waals surface area contributed by atoms with Crippen molar-refractivity contribution in [2.75, 3.05) is 6.54 Å². The molecular weight excluding hydrogens is 246 g/mol. The summed E-state index contributed by atoms with van der Waals surface area (Å²) in [6.45, 7) is 4.47. The highest BCUT2D eigenvalue weighted by molar-refractivity contribution is 5.17. The normalized spacial score (nSPS) is 12.6. The molecular formula is C18H23NO. The number of aliphatic hydroxyl groups excluding tert-OH is 1. The fourth-order valence-electron chi connectivity index (χ4n) is 2.30. The summed E-state index contributed by atoms with van der Waals surface area (Å²) < 4.78 is 0. The number of nitrogens with zero attached hydrogens (tertiary/aromatic N) is 1. The van der Waals surface area contributed by atoms with Gasteiger partial charge in [0.05, 0.1) is 6.10 Å². The first-order valence-electron chi connectivity index (χ1n) is 7.26. The van der Waals surface area contributed by atoms with E-state index in [9.17, 15) is 5.11 Å². The molecule has 0 saturated carbocycles. The zero-order valence-corrected chi connectivity index (χ0v) is 12.1. The molecule has 0 heterocycles. The van der Waals surface area contributed by atoms with Gasteiger partial charge in [-0.1, -0.05) is 67.6 Å². The molecule has 1 N–H and O–H groups in total. The summed E-state index contributed by atoms with van der Waals surface area (Å²) in [5, 5.41) is 9.94. The number of hydrogen-bond donors (Lipinski definition) is 1.